The maximum atomic E-state index is 13.5. The summed E-state index contributed by atoms with van der Waals surface area (Å²) in [5, 5.41) is 5.07. The molecular formula is C30H23ClN3OPS. The fourth-order valence-electron chi connectivity index (χ4n) is 5.00. The Kier molecular flexibility index (Phi) is 6.00. The van der Waals surface area contributed by atoms with Crippen LogP contribution in [0.2, 0.25) is 0 Å². The SMILES string of the molecule is O=c1cc(CP(Cl)(c2ccccc2)(c2ccccc2)c2ccccc2)nc2scc(-c3cccnc3)n12. The van der Waals surface area contributed by atoms with E-state index in [1.807, 2.05) is 72.1 Å². The van der Waals surface area contributed by atoms with Gasteiger partial charge in [0, 0.05) is 0 Å². The van der Waals surface area contributed by atoms with Crippen LogP contribution in [0.5, 0.6) is 0 Å². The molecule has 0 saturated carbocycles. The second kappa shape index (κ2) is 9.35. The number of thiazole rings is 1. The van der Waals surface area contributed by atoms with Crippen molar-refractivity contribution in [3.05, 3.63) is 143 Å². The normalized spacial score (nSPS) is 12.7. The molecule has 37 heavy (non-hydrogen) atoms. The average Bonchev–Trinajstić information content (AvgIpc) is 3.40. The number of fused-ring (bicyclic) bond motifs is 1. The van der Waals surface area contributed by atoms with Crippen LogP contribution in [-0.2, 0) is 6.16 Å². The number of nitrogens with zero attached hydrogens (tertiary/aromatic N) is 3. The van der Waals surface area contributed by atoms with E-state index in [1.165, 1.54) is 11.3 Å². The molecule has 0 radical (unpaired) electrons. The molecule has 6 aromatic rings. The van der Waals surface area contributed by atoms with Crippen molar-refractivity contribution in [2.24, 2.45) is 0 Å². The van der Waals surface area contributed by atoms with Crippen molar-refractivity contribution in [2.75, 3.05) is 0 Å². The van der Waals surface area contributed by atoms with Gasteiger partial charge in [-0.25, -0.2) is 0 Å². The zero-order valence-corrected chi connectivity index (χ0v) is 22.3. The molecular weight excluding hydrogens is 517 g/mol. The van der Waals surface area contributed by atoms with Gasteiger partial charge in [-0.15, -0.1) is 0 Å². The first kappa shape index (κ1) is 23.7. The molecule has 0 bridgehead atoms. The zero-order chi connectivity index (χ0) is 25.3. The molecule has 3 aromatic carbocycles. The van der Waals surface area contributed by atoms with Crippen molar-refractivity contribution in [1.82, 2.24) is 14.4 Å². The van der Waals surface area contributed by atoms with Gasteiger partial charge < -0.3 is 0 Å². The van der Waals surface area contributed by atoms with E-state index in [4.69, 9.17) is 16.2 Å². The quantitative estimate of drug-likeness (QED) is 0.244. The third-order valence-corrected chi connectivity index (χ3v) is 14.7. The summed E-state index contributed by atoms with van der Waals surface area (Å²) in [5.74, 6) is -3.60. The Morgan fingerprint density at radius 2 is 1.35 bits per heavy atom. The molecule has 0 N–H and O–H groups in total. The predicted octanol–water partition coefficient (Wildman–Crippen LogP) is 6.00. The molecule has 0 aliphatic carbocycles. The van der Waals surface area contributed by atoms with Crippen molar-refractivity contribution >= 4 is 49.4 Å². The molecule has 0 aliphatic heterocycles. The topological polar surface area (TPSA) is 47.3 Å². The number of pyridine rings is 1. The van der Waals surface area contributed by atoms with Gasteiger partial charge in [0.25, 0.3) is 0 Å². The summed E-state index contributed by atoms with van der Waals surface area (Å²) in [5.41, 5.74) is 2.21. The summed E-state index contributed by atoms with van der Waals surface area (Å²) in [6.07, 6.45) is 3.89. The molecule has 0 fully saturated rings. The molecule has 0 atom stereocenters. The number of halogens is 1. The Morgan fingerprint density at radius 3 is 1.86 bits per heavy atom. The first-order valence-electron chi connectivity index (χ1n) is 11.9. The van der Waals surface area contributed by atoms with Crippen LogP contribution in [0.1, 0.15) is 5.69 Å². The van der Waals surface area contributed by atoms with Crippen molar-refractivity contribution in [3.63, 3.8) is 0 Å². The Balaban J connectivity index is 1.61. The summed E-state index contributed by atoms with van der Waals surface area (Å²) in [6, 6.07) is 36.2. The van der Waals surface area contributed by atoms with Crippen LogP contribution in [0.4, 0.5) is 0 Å². The van der Waals surface area contributed by atoms with E-state index in [-0.39, 0.29) is 5.56 Å². The van der Waals surface area contributed by atoms with Crippen LogP contribution in [0, 0.1) is 0 Å². The van der Waals surface area contributed by atoms with Gasteiger partial charge >= 0.3 is 224 Å². The molecule has 7 heteroatoms. The van der Waals surface area contributed by atoms with Crippen molar-refractivity contribution in [2.45, 2.75) is 6.16 Å². The van der Waals surface area contributed by atoms with E-state index < -0.39 is 5.96 Å². The Morgan fingerprint density at radius 1 is 0.784 bits per heavy atom. The Bertz CT molecular complexity index is 1640. The van der Waals surface area contributed by atoms with E-state index >= 15 is 0 Å². The van der Waals surface area contributed by atoms with Crippen LogP contribution >= 0.6 is 28.5 Å². The minimum absolute atomic E-state index is 0.129. The van der Waals surface area contributed by atoms with Crippen LogP contribution < -0.4 is 21.5 Å². The molecule has 0 aliphatic rings. The molecule has 0 spiro atoms. The van der Waals surface area contributed by atoms with Crippen LogP contribution in [0.25, 0.3) is 16.2 Å². The second-order valence-electron chi connectivity index (χ2n) is 8.91. The summed E-state index contributed by atoms with van der Waals surface area (Å²) in [4.78, 5) is 23.4. The fourth-order valence-corrected chi connectivity index (χ4v) is 11.9. The third kappa shape index (κ3) is 3.91. The third-order valence-electron chi connectivity index (χ3n) is 6.76. The van der Waals surface area contributed by atoms with Gasteiger partial charge in [0.2, 0.25) is 0 Å². The van der Waals surface area contributed by atoms with Gasteiger partial charge in [0.1, 0.15) is 0 Å². The molecule has 0 unspecified atom stereocenters. The van der Waals surface area contributed by atoms with Gasteiger partial charge in [-0.05, 0) is 0 Å². The molecule has 0 amide bonds. The van der Waals surface area contributed by atoms with Crippen LogP contribution in [0.15, 0.2) is 132 Å². The molecule has 0 saturated heterocycles. The van der Waals surface area contributed by atoms with Gasteiger partial charge in [0.05, 0.1) is 0 Å². The second-order valence-corrected chi connectivity index (χ2v) is 16.2. The summed E-state index contributed by atoms with van der Waals surface area (Å²) in [7, 11) is 0. The number of rotatable bonds is 6. The Labute approximate surface area is 223 Å². The summed E-state index contributed by atoms with van der Waals surface area (Å²) >= 11 is 9.63. The summed E-state index contributed by atoms with van der Waals surface area (Å²) in [6.45, 7) is 0. The number of aromatic nitrogens is 3. The number of benzene rings is 3. The van der Waals surface area contributed by atoms with Crippen molar-refractivity contribution in [1.29, 1.82) is 0 Å². The van der Waals surface area contributed by atoms with E-state index in [0.29, 0.717) is 16.8 Å². The van der Waals surface area contributed by atoms with E-state index in [2.05, 4.69) is 41.4 Å². The molecule has 3 heterocycles. The van der Waals surface area contributed by atoms with E-state index in [1.54, 1.807) is 22.9 Å². The van der Waals surface area contributed by atoms with Crippen molar-refractivity contribution in [3.8, 4) is 11.3 Å². The minimum atomic E-state index is -3.60. The molecule has 6 rings (SSSR count). The van der Waals surface area contributed by atoms with E-state index in [0.717, 1.165) is 27.2 Å². The van der Waals surface area contributed by atoms with Gasteiger partial charge in [-0.2, -0.15) is 0 Å². The zero-order valence-electron chi connectivity index (χ0n) is 19.8. The van der Waals surface area contributed by atoms with Crippen LogP contribution in [0.3, 0.4) is 0 Å². The fraction of sp³-hybridized carbons (Fsp3) is 0.0333. The van der Waals surface area contributed by atoms with Gasteiger partial charge in [0.15, 0.2) is 0 Å². The number of hydrogen-bond acceptors (Lipinski definition) is 4. The molecule has 4 nitrogen and oxygen atoms in total. The number of hydrogen-bond donors (Lipinski definition) is 0. The Hall–Kier alpha value is -3.63. The predicted molar refractivity (Wildman–Crippen MR) is 157 cm³/mol. The average molecular weight is 540 g/mol. The van der Waals surface area contributed by atoms with Gasteiger partial charge in [-0.3, -0.25) is 0 Å². The molecule has 182 valence electrons. The molecule has 3 aromatic heterocycles. The first-order valence-corrected chi connectivity index (χ1v) is 16.1. The van der Waals surface area contributed by atoms with Crippen LogP contribution in [-0.4, -0.2) is 14.4 Å². The maximum absolute atomic E-state index is 13.5. The standard InChI is InChI=1S/C30H23ClN3OPS/c31-36(25-12-4-1-5-13-25,26-14-6-2-7-15-26,27-16-8-3-9-17-27)21-24-19-29(35)34-28(22-37-30(34)33-24)23-11-10-18-32-20-23/h1-20,22H,21H2. The monoisotopic (exact) mass is 539 g/mol. The summed E-state index contributed by atoms with van der Waals surface area (Å²) < 4.78 is 1.65. The first-order chi connectivity index (χ1) is 18.1. The van der Waals surface area contributed by atoms with Gasteiger partial charge in [-0.1, -0.05) is 0 Å². The van der Waals surface area contributed by atoms with Crippen molar-refractivity contribution < 1.29 is 0 Å². The van der Waals surface area contributed by atoms with E-state index in [9.17, 15) is 4.79 Å².